The molecule has 1 saturated heterocycles. The maximum atomic E-state index is 13.0. The van der Waals surface area contributed by atoms with Crippen molar-refractivity contribution in [3.8, 4) is 0 Å². The van der Waals surface area contributed by atoms with Gasteiger partial charge in [-0.1, -0.05) is 35.4 Å². The Labute approximate surface area is 232 Å². The zero-order valence-corrected chi connectivity index (χ0v) is 23.4. The predicted octanol–water partition coefficient (Wildman–Crippen LogP) is 5.30. The molecule has 0 spiro atoms. The summed E-state index contributed by atoms with van der Waals surface area (Å²) < 4.78 is 20.1. The van der Waals surface area contributed by atoms with Crippen LogP contribution in [0.15, 0.2) is 64.6 Å². The summed E-state index contributed by atoms with van der Waals surface area (Å²) in [6.45, 7) is 3.81. The first-order valence-corrected chi connectivity index (χ1v) is 13.9. The van der Waals surface area contributed by atoms with Gasteiger partial charge in [0.25, 0.3) is 0 Å². The summed E-state index contributed by atoms with van der Waals surface area (Å²) in [6, 6.07) is 14.3. The Morgan fingerprint density at radius 1 is 1.03 bits per heavy atom. The number of carbonyl (C=O) groups is 2. The van der Waals surface area contributed by atoms with Crippen molar-refractivity contribution in [3.63, 3.8) is 0 Å². The topological polar surface area (TPSA) is 105 Å². The highest BCUT2D eigenvalue weighted by atomic mass is 79.9. The number of fused-ring (bicyclic) bond motifs is 1. The molecule has 2 aromatic carbocycles. The lowest BCUT2D eigenvalue weighted by Crippen LogP contribution is -2.32. The Bertz CT molecular complexity index is 1480. The third-order valence-corrected chi connectivity index (χ3v) is 7.29. The molecule has 0 saturated carbocycles. The van der Waals surface area contributed by atoms with Crippen LogP contribution in [0.2, 0.25) is 0 Å². The number of thioether (sulfide) groups is 1. The maximum absolute atomic E-state index is 13.0. The lowest BCUT2D eigenvalue weighted by atomic mass is 10.1. The zero-order valence-electron chi connectivity index (χ0n) is 21.0. The van der Waals surface area contributed by atoms with Crippen LogP contribution in [0.5, 0.6) is 0 Å². The van der Waals surface area contributed by atoms with E-state index in [9.17, 15) is 9.59 Å². The molecular weight excluding hydrogens is 572 g/mol. The van der Waals surface area contributed by atoms with E-state index in [2.05, 4.69) is 30.9 Å². The zero-order chi connectivity index (χ0) is 26.8. The Morgan fingerprint density at radius 3 is 2.29 bits per heavy atom. The van der Waals surface area contributed by atoms with Gasteiger partial charge in [-0.25, -0.2) is 24.5 Å². The number of benzene rings is 2. The number of nitrogens with zero attached hydrogens (tertiary/aromatic N) is 4. The van der Waals surface area contributed by atoms with Crippen LogP contribution >= 0.6 is 27.7 Å². The average molecular weight is 597 g/mol. The van der Waals surface area contributed by atoms with E-state index in [4.69, 9.17) is 14.2 Å². The van der Waals surface area contributed by atoms with E-state index in [1.807, 2.05) is 48.9 Å². The number of rotatable bonds is 7. The van der Waals surface area contributed by atoms with E-state index in [1.165, 1.54) is 11.8 Å². The standard InChI is InChI=1S/C27H25BrN4O5S/c1-15-4-8-17(9-5-15)25(33)35-13-20-19(37-26(34)18-10-6-16(2)7-11-18)12-21(36-20)32-14-29-23-22(32)24(38-3)31-27(28)30-23/h4-11,14,19-21H,12-13H2,1-3H3/t19-,20+,21-/m0/s1. The normalized spacial score (nSPS) is 19.0. The van der Waals surface area contributed by atoms with Gasteiger partial charge in [0, 0.05) is 6.42 Å². The molecule has 9 nitrogen and oxygen atoms in total. The molecule has 3 atom stereocenters. The fourth-order valence-corrected chi connectivity index (χ4v) is 5.25. The van der Waals surface area contributed by atoms with Gasteiger partial charge < -0.3 is 14.2 Å². The molecule has 1 aliphatic heterocycles. The Balaban J connectivity index is 1.39. The van der Waals surface area contributed by atoms with Gasteiger partial charge in [0.2, 0.25) is 0 Å². The summed E-state index contributed by atoms with van der Waals surface area (Å²) >= 11 is 4.79. The van der Waals surface area contributed by atoms with Crippen LogP contribution in [0.4, 0.5) is 0 Å². The highest BCUT2D eigenvalue weighted by Gasteiger charge is 2.41. The van der Waals surface area contributed by atoms with Crippen LogP contribution in [0.25, 0.3) is 11.2 Å². The van der Waals surface area contributed by atoms with Gasteiger partial charge in [0.1, 0.15) is 35.6 Å². The van der Waals surface area contributed by atoms with E-state index in [0.29, 0.717) is 33.4 Å². The lowest BCUT2D eigenvalue weighted by molar-refractivity contribution is -0.0563. The van der Waals surface area contributed by atoms with E-state index >= 15 is 0 Å². The number of imidazole rings is 1. The number of halogens is 1. The van der Waals surface area contributed by atoms with Gasteiger partial charge in [0.05, 0.1) is 17.5 Å². The van der Waals surface area contributed by atoms with Crippen LogP contribution in [0.1, 0.15) is 44.5 Å². The first-order valence-electron chi connectivity index (χ1n) is 11.9. The van der Waals surface area contributed by atoms with Crippen molar-refractivity contribution in [2.24, 2.45) is 0 Å². The smallest absolute Gasteiger partial charge is 0.338 e. The fraction of sp³-hybridized carbons (Fsp3) is 0.296. The van der Waals surface area contributed by atoms with Gasteiger partial charge in [0.15, 0.2) is 10.4 Å². The molecule has 11 heteroatoms. The molecule has 0 amide bonds. The minimum absolute atomic E-state index is 0.0842. The van der Waals surface area contributed by atoms with Gasteiger partial charge in [-0.2, -0.15) is 0 Å². The van der Waals surface area contributed by atoms with Crippen molar-refractivity contribution < 1.29 is 23.8 Å². The molecule has 0 unspecified atom stereocenters. The van der Waals surface area contributed by atoms with E-state index in [-0.39, 0.29) is 6.61 Å². The molecule has 2 aromatic heterocycles. The number of ether oxygens (including phenoxy) is 3. The highest BCUT2D eigenvalue weighted by molar-refractivity contribution is 9.10. The number of esters is 2. The van der Waals surface area contributed by atoms with Crippen LogP contribution in [-0.2, 0) is 14.2 Å². The number of aryl methyl sites for hydroxylation is 2. The van der Waals surface area contributed by atoms with Gasteiger partial charge >= 0.3 is 11.9 Å². The van der Waals surface area contributed by atoms with Gasteiger partial charge in [-0.15, -0.1) is 11.8 Å². The number of hydrogen-bond donors (Lipinski definition) is 0. The van der Waals surface area contributed by atoms with Crippen LogP contribution in [0.3, 0.4) is 0 Å². The SMILES string of the molecule is CSc1nc(Br)nc2ncn([C@@H]3C[C@H](OC(=O)c4ccc(C)cc4)[C@@H](COC(=O)c4ccc(C)cc4)O3)c12. The van der Waals surface area contributed by atoms with Crippen molar-refractivity contribution in [1.82, 2.24) is 19.5 Å². The predicted molar refractivity (Wildman–Crippen MR) is 145 cm³/mol. The Hall–Kier alpha value is -3.28. The molecule has 0 N–H and O–H groups in total. The van der Waals surface area contributed by atoms with E-state index < -0.39 is 30.4 Å². The monoisotopic (exact) mass is 596 g/mol. The minimum Gasteiger partial charge on any atom is -0.459 e. The molecule has 1 aliphatic rings. The van der Waals surface area contributed by atoms with Crippen LogP contribution in [0, 0.1) is 13.8 Å². The first kappa shape index (κ1) is 26.3. The molecule has 196 valence electrons. The van der Waals surface area contributed by atoms with Crippen molar-refractivity contribution >= 4 is 50.8 Å². The quantitative estimate of drug-likeness (QED) is 0.122. The van der Waals surface area contributed by atoms with Crippen LogP contribution in [-0.4, -0.2) is 56.5 Å². The molecule has 38 heavy (non-hydrogen) atoms. The van der Waals surface area contributed by atoms with Gasteiger partial charge in [-0.05, 0) is 60.3 Å². The van der Waals surface area contributed by atoms with Crippen molar-refractivity contribution in [2.75, 3.05) is 12.9 Å². The largest absolute Gasteiger partial charge is 0.459 e. The van der Waals surface area contributed by atoms with E-state index in [0.717, 1.165) is 16.2 Å². The second kappa shape index (κ2) is 11.2. The van der Waals surface area contributed by atoms with Crippen LogP contribution < -0.4 is 0 Å². The fourth-order valence-electron chi connectivity index (χ4n) is 4.22. The summed E-state index contributed by atoms with van der Waals surface area (Å²) in [5.74, 6) is -0.946. The molecule has 3 heterocycles. The Morgan fingerprint density at radius 2 is 1.66 bits per heavy atom. The average Bonchev–Trinajstić information content (AvgIpc) is 3.51. The maximum Gasteiger partial charge on any atom is 0.338 e. The number of aromatic nitrogens is 4. The van der Waals surface area contributed by atoms with Crippen molar-refractivity contribution in [2.45, 2.75) is 43.7 Å². The lowest BCUT2D eigenvalue weighted by Gasteiger charge is -2.19. The first-order chi connectivity index (χ1) is 18.3. The number of carbonyl (C=O) groups excluding carboxylic acids is 2. The number of hydrogen-bond acceptors (Lipinski definition) is 9. The third kappa shape index (κ3) is 5.59. The summed E-state index contributed by atoms with van der Waals surface area (Å²) in [7, 11) is 0. The molecule has 1 fully saturated rings. The summed E-state index contributed by atoms with van der Waals surface area (Å²) in [4.78, 5) is 38.9. The minimum atomic E-state index is -0.685. The third-order valence-electron chi connectivity index (χ3n) is 6.26. The highest BCUT2D eigenvalue weighted by Crippen LogP contribution is 2.36. The molecule has 0 bridgehead atoms. The second-order valence-corrected chi connectivity index (χ2v) is 10.5. The van der Waals surface area contributed by atoms with Gasteiger partial charge in [-0.3, -0.25) is 4.57 Å². The molecule has 4 aromatic rings. The molecule has 0 aliphatic carbocycles. The molecule has 0 radical (unpaired) electrons. The molecule has 5 rings (SSSR count). The second-order valence-electron chi connectivity index (χ2n) is 8.97. The molecular formula is C27H25BrN4O5S. The van der Waals surface area contributed by atoms with E-state index in [1.54, 1.807) is 30.6 Å². The summed E-state index contributed by atoms with van der Waals surface area (Å²) in [6.07, 6.45) is 2.01. The van der Waals surface area contributed by atoms with Crippen molar-refractivity contribution in [1.29, 1.82) is 0 Å². The Kier molecular flexibility index (Phi) is 7.78. The summed E-state index contributed by atoms with van der Waals surface area (Å²) in [5.41, 5.74) is 4.18. The van der Waals surface area contributed by atoms with Crippen molar-refractivity contribution in [3.05, 3.63) is 81.8 Å². The summed E-state index contributed by atoms with van der Waals surface area (Å²) in [5, 5.41) is 0.727.